The average molecular weight is 385 g/mol. The smallest absolute Gasteiger partial charge is 0.179 e. The van der Waals surface area contributed by atoms with Crippen molar-refractivity contribution in [2.24, 2.45) is 0 Å². The van der Waals surface area contributed by atoms with E-state index in [2.05, 4.69) is 18.3 Å². The van der Waals surface area contributed by atoms with Crippen molar-refractivity contribution in [2.45, 2.75) is 18.9 Å². The Kier molecular flexibility index (Phi) is 4.98. The Morgan fingerprint density at radius 2 is 1.74 bits per heavy atom. The Balaban J connectivity index is 1.61. The molecule has 27 heavy (non-hydrogen) atoms. The summed E-state index contributed by atoms with van der Waals surface area (Å²) in [5, 5.41) is 9.11. The van der Waals surface area contributed by atoms with E-state index in [4.69, 9.17) is 5.26 Å². The maximum atomic E-state index is 11.1. The summed E-state index contributed by atoms with van der Waals surface area (Å²) in [5.41, 5.74) is 2.97. The number of anilines is 1. The lowest BCUT2D eigenvalue weighted by atomic mass is 10.1. The molecule has 142 valence electrons. The fourth-order valence-corrected chi connectivity index (χ4v) is 5.90. The number of likely N-dealkylation sites (tertiary alicyclic amines) is 1. The highest BCUT2D eigenvalue weighted by atomic mass is 32.3. The van der Waals surface area contributed by atoms with E-state index in [1.807, 2.05) is 46.8 Å². The van der Waals surface area contributed by atoms with Crippen LogP contribution in [0.15, 0.2) is 54.6 Å². The summed E-state index contributed by atoms with van der Waals surface area (Å²) in [6, 6.07) is 18.0. The third-order valence-electron chi connectivity index (χ3n) is 5.30. The summed E-state index contributed by atoms with van der Waals surface area (Å²) in [6.07, 6.45) is 3.80. The Labute approximate surface area is 161 Å². The van der Waals surface area contributed by atoms with Gasteiger partial charge >= 0.3 is 0 Å². The highest BCUT2D eigenvalue weighted by Crippen LogP contribution is 2.54. The summed E-state index contributed by atoms with van der Waals surface area (Å²) < 4.78 is 25.8. The van der Waals surface area contributed by atoms with E-state index in [1.165, 1.54) is 0 Å². The molecule has 6 nitrogen and oxygen atoms in total. The van der Waals surface area contributed by atoms with Crippen molar-refractivity contribution in [3.8, 4) is 17.3 Å². The van der Waals surface area contributed by atoms with Crippen LogP contribution in [-0.2, 0) is 0 Å². The van der Waals surface area contributed by atoms with Crippen LogP contribution in [-0.4, -0.2) is 50.5 Å². The van der Waals surface area contributed by atoms with Crippen LogP contribution in [0.4, 0.5) is 5.69 Å². The van der Waals surface area contributed by atoms with Crippen LogP contribution in [0, 0.1) is 11.5 Å². The minimum Gasteiger partial charge on any atom is -0.309 e. The minimum atomic E-state index is -3.10. The summed E-state index contributed by atoms with van der Waals surface area (Å²) in [4.78, 5) is 1.69. The summed E-state index contributed by atoms with van der Waals surface area (Å²) in [6.45, 7) is 2.48. The van der Waals surface area contributed by atoms with E-state index >= 15 is 0 Å². The quantitative estimate of drug-likeness (QED) is 0.779. The number of nitriles is 1. The van der Waals surface area contributed by atoms with E-state index in [0.717, 1.165) is 29.7 Å². The van der Waals surface area contributed by atoms with Gasteiger partial charge in [0.25, 0.3) is 0 Å². The standard InChI is InChI=1S/C20H24N4O2S/c21-16-22-13-10-20(15-22)24-12-5-11-23(27(24,25)26)19-9-4-8-18(14-19)17-6-2-1-3-7-17/h1-4,6-9,14,20,25-26H,5,10-13,15H2/t20-/m1/s1. The zero-order chi connectivity index (χ0) is 18.9. The molecule has 0 aromatic heterocycles. The molecule has 0 saturated carbocycles. The van der Waals surface area contributed by atoms with E-state index in [9.17, 15) is 9.11 Å². The van der Waals surface area contributed by atoms with Gasteiger partial charge in [0.15, 0.2) is 6.19 Å². The van der Waals surface area contributed by atoms with Crippen LogP contribution in [0.3, 0.4) is 0 Å². The monoisotopic (exact) mass is 384 g/mol. The molecule has 0 unspecified atom stereocenters. The summed E-state index contributed by atoms with van der Waals surface area (Å²) >= 11 is 0. The molecule has 2 saturated heterocycles. The lowest BCUT2D eigenvalue weighted by Crippen LogP contribution is -2.50. The molecule has 2 aromatic carbocycles. The SMILES string of the molecule is N#CN1CC[C@@H](N2CCCN(c3cccc(-c4ccccc4)c3)S2(O)O)C1. The average Bonchev–Trinajstić information content (AvgIpc) is 3.17. The first-order chi connectivity index (χ1) is 13.1. The molecule has 0 bridgehead atoms. The van der Waals surface area contributed by atoms with Crippen molar-refractivity contribution in [3.63, 3.8) is 0 Å². The van der Waals surface area contributed by atoms with Gasteiger partial charge < -0.3 is 4.90 Å². The topological polar surface area (TPSA) is 74.0 Å². The van der Waals surface area contributed by atoms with E-state index in [1.54, 1.807) is 9.21 Å². The number of benzene rings is 2. The molecular formula is C20H24N4O2S. The molecule has 2 fully saturated rings. The largest absolute Gasteiger partial charge is 0.309 e. The molecule has 2 aliphatic rings. The van der Waals surface area contributed by atoms with Crippen molar-refractivity contribution >= 4 is 16.6 Å². The van der Waals surface area contributed by atoms with Gasteiger partial charge in [0.1, 0.15) is 0 Å². The van der Waals surface area contributed by atoms with E-state index < -0.39 is 11.0 Å². The molecule has 1 atom stereocenters. The van der Waals surface area contributed by atoms with Gasteiger partial charge in [0.2, 0.25) is 0 Å². The molecular weight excluding hydrogens is 360 g/mol. The van der Waals surface area contributed by atoms with E-state index in [-0.39, 0.29) is 6.04 Å². The van der Waals surface area contributed by atoms with Gasteiger partial charge in [-0.15, -0.1) is 0 Å². The third kappa shape index (κ3) is 3.49. The van der Waals surface area contributed by atoms with Crippen molar-refractivity contribution in [1.29, 1.82) is 5.26 Å². The fourth-order valence-electron chi connectivity index (χ4n) is 3.93. The second-order valence-corrected chi connectivity index (χ2v) is 8.88. The van der Waals surface area contributed by atoms with Crippen molar-refractivity contribution in [1.82, 2.24) is 9.21 Å². The second kappa shape index (κ2) is 7.41. The third-order valence-corrected chi connectivity index (χ3v) is 7.40. The van der Waals surface area contributed by atoms with Crippen LogP contribution in [0.25, 0.3) is 11.1 Å². The molecule has 0 amide bonds. The number of hydrogen-bond donors (Lipinski definition) is 2. The fraction of sp³-hybridized carbons (Fsp3) is 0.350. The first kappa shape index (κ1) is 18.1. The van der Waals surface area contributed by atoms with Crippen molar-refractivity contribution in [2.75, 3.05) is 30.5 Å². The molecule has 0 aliphatic carbocycles. The zero-order valence-corrected chi connectivity index (χ0v) is 15.9. The molecule has 4 rings (SSSR count). The highest BCUT2D eigenvalue weighted by molar-refractivity contribution is 8.23. The van der Waals surface area contributed by atoms with Gasteiger partial charge in [0.05, 0.1) is 11.7 Å². The zero-order valence-electron chi connectivity index (χ0n) is 15.1. The Bertz CT molecular complexity index is 839. The molecule has 7 heteroatoms. The van der Waals surface area contributed by atoms with Gasteiger partial charge in [-0.1, -0.05) is 53.4 Å². The van der Waals surface area contributed by atoms with Crippen molar-refractivity contribution < 1.29 is 9.11 Å². The van der Waals surface area contributed by atoms with Crippen LogP contribution in [0.5, 0.6) is 0 Å². The lowest BCUT2D eigenvalue weighted by Gasteiger charge is -2.55. The van der Waals surface area contributed by atoms with Crippen LogP contribution in [0.1, 0.15) is 12.8 Å². The number of rotatable bonds is 3. The van der Waals surface area contributed by atoms with Crippen LogP contribution >= 0.6 is 11.0 Å². The Hall–Kier alpha value is -2.24. The summed E-state index contributed by atoms with van der Waals surface area (Å²) in [5.74, 6) is 0. The van der Waals surface area contributed by atoms with Gasteiger partial charge in [-0.2, -0.15) is 9.57 Å². The Morgan fingerprint density at radius 1 is 0.963 bits per heavy atom. The first-order valence-corrected chi connectivity index (χ1v) is 10.7. The first-order valence-electron chi connectivity index (χ1n) is 9.22. The van der Waals surface area contributed by atoms with Gasteiger partial charge in [-0.25, -0.2) is 0 Å². The van der Waals surface area contributed by atoms with Crippen molar-refractivity contribution in [3.05, 3.63) is 54.6 Å². The molecule has 0 radical (unpaired) electrons. The molecule has 2 N–H and O–H groups in total. The highest BCUT2D eigenvalue weighted by Gasteiger charge is 2.41. The predicted molar refractivity (Wildman–Crippen MR) is 109 cm³/mol. The molecule has 2 aliphatic heterocycles. The number of nitrogens with zero attached hydrogens (tertiary/aromatic N) is 4. The van der Waals surface area contributed by atoms with Gasteiger partial charge in [-0.3, -0.25) is 13.4 Å². The maximum absolute atomic E-state index is 11.1. The summed E-state index contributed by atoms with van der Waals surface area (Å²) in [7, 11) is -3.10. The predicted octanol–water partition coefficient (Wildman–Crippen LogP) is 4.00. The minimum absolute atomic E-state index is 0.00486. The molecule has 0 spiro atoms. The normalized spacial score (nSPS) is 23.8. The molecule has 2 heterocycles. The molecule has 2 aromatic rings. The lowest BCUT2D eigenvalue weighted by molar-refractivity contribution is 0.266. The van der Waals surface area contributed by atoms with E-state index in [0.29, 0.717) is 26.2 Å². The Morgan fingerprint density at radius 3 is 2.48 bits per heavy atom. The number of hydrogen-bond acceptors (Lipinski definition) is 6. The van der Waals surface area contributed by atoms with Crippen LogP contribution < -0.4 is 4.31 Å². The van der Waals surface area contributed by atoms with Gasteiger partial charge in [0, 0.05) is 26.2 Å². The van der Waals surface area contributed by atoms with Gasteiger partial charge in [-0.05, 0) is 36.1 Å². The second-order valence-electron chi connectivity index (χ2n) is 6.99. The maximum Gasteiger partial charge on any atom is 0.179 e. The van der Waals surface area contributed by atoms with Crippen LogP contribution in [0.2, 0.25) is 0 Å².